The zero-order chi connectivity index (χ0) is 24.7. The van der Waals surface area contributed by atoms with E-state index in [4.69, 9.17) is 9.47 Å². The number of nitrogens with one attached hydrogen (secondary N) is 1. The van der Waals surface area contributed by atoms with Crippen molar-refractivity contribution < 1.29 is 19.1 Å². The van der Waals surface area contributed by atoms with Crippen LogP contribution in [-0.2, 0) is 20.7 Å². The van der Waals surface area contributed by atoms with Gasteiger partial charge in [0.05, 0.1) is 6.61 Å². The maximum atomic E-state index is 13.4. The van der Waals surface area contributed by atoms with Crippen molar-refractivity contribution in [2.75, 3.05) is 38.0 Å². The quantitative estimate of drug-likeness (QED) is 0.455. The Morgan fingerprint density at radius 3 is 2.24 bits per heavy atom. The van der Waals surface area contributed by atoms with E-state index in [1.165, 1.54) is 0 Å². The van der Waals surface area contributed by atoms with Crippen molar-refractivity contribution >= 4 is 23.6 Å². The van der Waals surface area contributed by atoms with Crippen molar-refractivity contribution in [1.29, 1.82) is 0 Å². The molecule has 1 heterocycles. The van der Waals surface area contributed by atoms with Crippen LogP contribution in [0.4, 0.5) is 11.8 Å². The topological polar surface area (TPSA) is 85.7 Å². The highest BCUT2D eigenvalue weighted by molar-refractivity contribution is 6.00. The summed E-state index contributed by atoms with van der Waals surface area (Å²) in [6, 6.07) is 19.1. The van der Waals surface area contributed by atoms with Gasteiger partial charge in [0.15, 0.2) is 11.5 Å². The van der Waals surface area contributed by atoms with E-state index < -0.39 is 11.6 Å². The summed E-state index contributed by atoms with van der Waals surface area (Å²) in [7, 11) is 5.20. The van der Waals surface area contributed by atoms with E-state index in [0.717, 1.165) is 11.3 Å². The molecule has 8 nitrogen and oxygen atoms in total. The number of methoxy groups -OCH3 is 1. The third-order valence-corrected chi connectivity index (χ3v) is 5.07. The van der Waals surface area contributed by atoms with E-state index in [1.807, 2.05) is 74.8 Å². The van der Waals surface area contributed by atoms with Gasteiger partial charge in [-0.25, -0.2) is 4.79 Å². The highest BCUT2D eigenvalue weighted by Crippen LogP contribution is 2.29. The van der Waals surface area contributed by atoms with Gasteiger partial charge in [-0.3, -0.25) is 9.36 Å². The molecular weight excluding hydrogens is 432 g/mol. The summed E-state index contributed by atoms with van der Waals surface area (Å²) in [5.74, 6) is -0.202. The first-order chi connectivity index (χ1) is 16.2. The number of hydrogen-bond donors (Lipinski definition) is 1. The first-order valence-electron chi connectivity index (χ1n) is 11.1. The van der Waals surface area contributed by atoms with Crippen LogP contribution in [-0.4, -0.2) is 54.8 Å². The van der Waals surface area contributed by atoms with Crippen LogP contribution in [0.15, 0.2) is 60.7 Å². The summed E-state index contributed by atoms with van der Waals surface area (Å²) in [6.07, 6.45) is 0.830. The maximum absolute atomic E-state index is 13.4. The molecule has 1 N–H and O–H groups in total. The number of hydrogen-bond acceptors (Lipinski definition) is 6. The van der Waals surface area contributed by atoms with Gasteiger partial charge in [-0.15, -0.1) is 0 Å². The molecule has 0 aliphatic carbocycles. The molecule has 0 aliphatic heterocycles. The van der Waals surface area contributed by atoms with Gasteiger partial charge in [-0.05, 0) is 38.0 Å². The summed E-state index contributed by atoms with van der Waals surface area (Å²) in [5, 5.41) is 2.84. The molecule has 0 fully saturated rings. The molecule has 0 aliphatic rings. The standard InChI is InChI=1S/C26H32N4O4/c1-26(2,18-33-5)34-24(32)22-23(27-21(31)17-16-19-12-8-6-9-13-19)28-25(29(3)4)30(22)20-14-10-7-11-15-20/h6-15H,16-18H2,1-5H3,(H,27,31). The Morgan fingerprint density at radius 1 is 1.03 bits per heavy atom. The molecular formula is C26H32N4O4. The van der Waals surface area contributed by atoms with E-state index in [1.54, 1.807) is 30.4 Å². The summed E-state index contributed by atoms with van der Waals surface area (Å²) in [6.45, 7) is 3.75. The SMILES string of the molecule is COCC(C)(C)OC(=O)c1c(NC(=O)CCc2ccccc2)nc(N(C)C)n1-c1ccccc1. The zero-order valence-corrected chi connectivity index (χ0v) is 20.4. The number of rotatable bonds is 10. The fourth-order valence-electron chi connectivity index (χ4n) is 3.58. The number of imidazole rings is 1. The number of amides is 1. The van der Waals surface area contributed by atoms with Crippen LogP contribution in [0.25, 0.3) is 5.69 Å². The Hall–Kier alpha value is -3.65. The first-order valence-corrected chi connectivity index (χ1v) is 11.1. The molecule has 1 amide bonds. The van der Waals surface area contributed by atoms with Gasteiger partial charge in [0.25, 0.3) is 0 Å². The zero-order valence-electron chi connectivity index (χ0n) is 20.4. The number of aryl methyl sites for hydroxylation is 1. The van der Waals surface area contributed by atoms with Crippen molar-refractivity contribution in [3.05, 3.63) is 71.9 Å². The molecule has 3 aromatic rings. The first kappa shape index (κ1) is 25.0. The van der Waals surface area contributed by atoms with Gasteiger partial charge in [0, 0.05) is 33.3 Å². The number of carbonyl (C=O) groups excluding carboxylic acids is 2. The van der Waals surface area contributed by atoms with Crippen molar-refractivity contribution in [1.82, 2.24) is 9.55 Å². The van der Waals surface area contributed by atoms with E-state index >= 15 is 0 Å². The molecule has 2 aromatic carbocycles. The number of para-hydroxylation sites is 1. The fourth-order valence-corrected chi connectivity index (χ4v) is 3.58. The normalized spacial score (nSPS) is 11.2. The van der Waals surface area contributed by atoms with Crippen LogP contribution in [0, 0.1) is 0 Å². The highest BCUT2D eigenvalue weighted by atomic mass is 16.6. The second-order valence-corrected chi connectivity index (χ2v) is 8.79. The predicted octanol–water partition coefficient (Wildman–Crippen LogP) is 4.09. The Balaban J connectivity index is 1.98. The molecule has 0 unspecified atom stereocenters. The lowest BCUT2D eigenvalue weighted by Crippen LogP contribution is -2.34. The summed E-state index contributed by atoms with van der Waals surface area (Å²) >= 11 is 0. The van der Waals surface area contributed by atoms with E-state index in [9.17, 15) is 9.59 Å². The van der Waals surface area contributed by atoms with Crippen molar-refractivity contribution in [3.8, 4) is 5.69 Å². The number of esters is 1. The second-order valence-electron chi connectivity index (χ2n) is 8.79. The number of aromatic nitrogens is 2. The number of anilines is 2. The number of ether oxygens (including phenoxy) is 2. The summed E-state index contributed by atoms with van der Waals surface area (Å²) < 4.78 is 12.7. The third kappa shape index (κ3) is 6.23. The van der Waals surface area contributed by atoms with Gasteiger partial charge in [0.2, 0.25) is 11.9 Å². The monoisotopic (exact) mass is 464 g/mol. The predicted molar refractivity (Wildman–Crippen MR) is 133 cm³/mol. The van der Waals surface area contributed by atoms with Gasteiger partial charge in [-0.2, -0.15) is 4.98 Å². The van der Waals surface area contributed by atoms with Gasteiger partial charge < -0.3 is 19.7 Å². The molecule has 0 saturated carbocycles. The van der Waals surface area contributed by atoms with Gasteiger partial charge >= 0.3 is 5.97 Å². The Bertz CT molecular complexity index is 1110. The van der Waals surface area contributed by atoms with Gasteiger partial charge in [-0.1, -0.05) is 48.5 Å². The van der Waals surface area contributed by atoms with Crippen LogP contribution >= 0.6 is 0 Å². The highest BCUT2D eigenvalue weighted by Gasteiger charge is 2.32. The molecule has 0 spiro atoms. The van der Waals surface area contributed by atoms with Crippen molar-refractivity contribution in [3.63, 3.8) is 0 Å². The number of nitrogens with zero attached hydrogens (tertiary/aromatic N) is 3. The smallest absolute Gasteiger partial charge is 0.359 e. The Labute approximate surface area is 200 Å². The molecule has 34 heavy (non-hydrogen) atoms. The summed E-state index contributed by atoms with van der Waals surface area (Å²) in [4.78, 5) is 32.7. The average Bonchev–Trinajstić information content (AvgIpc) is 3.18. The minimum absolute atomic E-state index is 0.145. The Kier molecular flexibility index (Phi) is 8.07. The van der Waals surface area contributed by atoms with Crippen LogP contribution in [0.5, 0.6) is 0 Å². The second kappa shape index (κ2) is 11.0. The maximum Gasteiger partial charge on any atom is 0.359 e. The minimum Gasteiger partial charge on any atom is -0.452 e. The van der Waals surface area contributed by atoms with Crippen molar-refractivity contribution in [2.45, 2.75) is 32.3 Å². The minimum atomic E-state index is -0.871. The van der Waals surface area contributed by atoms with E-state index in [-0.39, 0.29) is 30.4 Å². The molecule has 0 saturated heterocycles. The molecule has 0 atom stereocenters. The van der Waals surface area contributed by atoms with E-state index in [2.05, 4.69) is 10.3 Å². The summed E-state index contributed by atoms with van der Waals surface area (Å²) in [5.41, 5.74) is 1.05. The van der Waals surface area contributed by atoms with Crippen LogP contribution in [0.3, 0.4) is 0 Å². The lowest BCUT2D eigenvalue weighted by atomic mass is 10.1. The largest absolute Gasteiger partial charge is 0.452 e. The van der Waals surface area contributed by atoms with Crippen LogP contribution < -0.4 is 10.2 Å². The van der Waals surface area contributed by atoms with Gasteiger partial charge in [0.1, 0.15) is 5.60 Å². The molecule has 0 bridgehead atoms. The third-order valence-electron chi connectivity index (χ3n) is 5.07. The lowest BCUT2D eigenvalue weighted by Gasteiger charge is -2.25. The Morgan fingerprint density at radius 2 is 1.65 bits per heavy atom. The average molecular weight is 465 g/mol. The lowest BCUT2D eigenvalue weighted by molar-refractivity contribution is -0.116. The molecule has 0 radical (unpaired) electrons. The van der Waals surface area contributed by atoms with E-state index in [0.29, 0.717) is 12.4 Å². The number of carbonyl (C=O) groups is 2. The fraction of sp³-hybridized carbons (Fsp3) is 0.346. The molecule has 8 heteroatoms. The van der Waals surface area contributed by atoms with Crippen LogP contribution in [0.2, 0.25) is 0 Å². The number of benzene rings is 2. The molecule has 3 rings (SSSR count). The molecule has 180 valence electrons. The van der Waals surface area contributed by atoms with Crippen LogP contribution in [0.1, 0.15) is 36.3 Å². The molecule has 1 aromatic heterocycles. The van der Waals surface area contributed by atoms with Crippen molar-refractivity contribution in [2.24, 2.45) is 0 Å².